The lowest BCUT2D eigenvalue weighted by Gasteiger charge is -2.39. The predicted molar refractivity (Wildman–Crippen MR) is 65.5 cm³/mol. The number of nitrogens with one attached hydrogen (secondary N) is 1. The highest BCUT2D eigenvalue weighted by Crippen LogP contribution is 2.24. The minimum atomic E-state index is 0.496. The molecule has 0 amide bonds. The average molecular weight is 220 g/mol. The summed E-state index contributed by atoms with van der Waals surface area (Å²) >= 11 is 0. The van der Waals surface area contributed by atoms with E-state index in [1.54, 1.807) is 6.33 Å². The van der Waals surface area contributed by atoms with Gasteiger partial charge in [-0.25, -0.2) is 9.97 Å². The molecular weight excluding hydrogens is 200 g/mol. The second-order valence-electron chi connectivity index (χ2n) is 4.40. The summed E-state index contributed by atoms with van der Waals surface area (Å²) in [6.07, 6.45) is 7.27. The van der Waals surface area contributed by atoms with Crippen LogP contribution in [0.25, 0.3) is 0 Å². The smallest absolute Gasteiger partial charge is 0.132 e. The third-order valence-corrected chi connectivity index (χ3v) is 3.44. The number of hydrogen-bond donors (Lipinski definition) is 1. The van der Waals surface area contributed by atoms with Crippen LogP contribution < -0.4 is 10.2 Å². The second kappa shape index (κ2) is 5.25. The van der Waals surface area contributed by atoms with Gasteiger partial charge in [-0.05, 0) is 39.3 Å². The van der Waals surface area contributed by atoms with E-state index >= 15 is 0 Å². The van der Waals surface area contributed by atoms with E-state index in [2.05, 4.69) is 27.1 Å². The first-order chi connectivity index (χ1) is 7.83. The van der Waals surface area contributed by atoms with Gasteiger partial charge in [0.1, 0.15) is 12.1 Å². The van der Waals surface area contributed by atoms with Crippen molar-refractivity contribution in [2.24, 2.45) is 0 Å². The van der Waals surface area contributed by atoms with Gasteiger partial charge in [-0.2, -0.15) is 0 Å². The highest BCUT2D eigenvalue weighted by Gasteiger charge is 2.27. The molecule has 0 radical (unpaired) electrons. The zero-order valence-electron chi connectivity index (χ0n) is 10.1. The maximum Gasteiger partial charge on any atom is 0.132 e. The van der Waals surface area contributed by atoms with Gasteiger partial charge >= 0.3 is 0 Å². The maximum absolute atomic E-state index is 4.36. The SMILES string of the molecule is CNC(C)C1CCCCN1c1ccncn1. The van der Waals surface area contributed by atoms with Crippen LogP contribution in [0.3, 0.4) is 0 Å². The van der Waals surface area contributed by atoms with E-state index in [4.69, 9.17) is 0 Å². The highest BCUT2D eigenvalue weighted by atomic mass is 15.2. The Morgan fingerprint density at radius 2 is 2.38 bits per heavy atom. The van der Waals surface area contributed by atoms with Crippen LogP contribution in [0.15, 0.2) is 18.6 Å². The predicted octanol–water partition coefficient (Wildman–Crippen LogP) is 1.44. The molecule has 4 nitrogen and oxygen atoms in total. The van der Waals surface area contributed by atoms with Crippen molar-refractivity contribution in [1.82, 2.24) is 15.3 Å². The Hall–Kier alpha value is -1.16. The number of nitrogens with zero attached hydrogens (tertiary/aromatic N) is 3. The molecule has 1 saturated heterocycles. The van der Waals surface area contributed by atoms with E-state index in [1.807, 2.05) is 19.3 Å². The van der Waals surface area contributed by atoms with Crippen LogP contribution in [-0.2, 0) is 0 Å². The van der Waals surface area contributed by atoms with Gasteiger partial charge in [0.2, 0.25) is 0 Å². The van der Waals surface area contributed by atoms with Crippen LogP contribution in [0, 0.1) is 0 Å². The minimum Gasteiger partial charge on any atom is -0.352 e. The first-order valence-corrected chi connectivity index (χ1v) is 6.03. The van der Waals surface area contributed by atoms with Crippen LogP contribution in [0.2, 0.25) is 0 Å². The van der Waals surface area contributed by atoms with E-state index in [9.17, 15) is 0 Å². The summed E-state index contributed by atoms with van der Waals surface area (Å²) in [6, 6.07) is 3.05. The minimum absolute atomic E-state index is 0.496. The van der Waals surface area contributed by atoms with Crippen molar-refractivity contribution in [3.05, 3.63) is 18.6 Å². The molecule has 0 spiro atoms. The number of piperidine rings is 1. The molecule has 0 aromatic carbocycles. The van der Waals surface area contributed by atoms with E-state index in [-0.39, 0.29) is 0 Å². The summed E-state index contributed by atoms with van der Waals surface area (Å²) in [6.45, 7) is 3.35. The van der Waals surface area contributed by atoms with E-state index in [0.717, 1.165) is 12.4 Å². The maximum atomic E-state index is 4.36. The van der Waals surface area contributed by atoms with Crippen LogP contribution >= 0.6 is 0 Å². The largest absolute Gasteiger partial charge is 0.352 e. The van der Waals surface area contributed by atoms with Crippen LogP contribution in [0.5, 0.6) is 0 Å². The van der Waals surface area contributed by atoms with Gasteiger partial charge in [-0.15, -0.1) is 0 Å². The average Bonchev–Trinajstić information content (AvgIpc) is 2.39. The molecule has 0 aliphatic carbocycles. The van der Waals surface area contributed by atoms with Gasteiger partial charge in [0, 0.05) is 24.8 Å². The van der Waals surface area contributed by atoms with E-state index in [1.165, 1.54) is 19.3 Å². The fraction of sp³-hybridized carbons (Fsp3) is 0.667. The Morgan fingerprint density at radius 1 is 1.50 bits per heavy atom. The lowest BCUT2D eigenvalue weighted by molar-refractivity contribution is 0.380. The van der Waals surface area contributed by atoms with Gasteiger partial charge in [-0.3, -0.25) is 0 Å². The highest BCUT2D eigenvalue weighted by molar-refractivity contribution is 5.39. The third kappa shape index (κ3) is 2.32. The molecule has 88 valence electrons. The number of aromatic nitrogens is 2. The molecule has 2 unspecified atom stereocenters. The molecule has 2 rings (SSSR count). The zero-order chi connectivity index (χ0) is 11.4. The summed E-state index contributed by atoms with van der Waals surface area (Å²) < 4.78 is 0. The van der Waals surface area contributed by atoms with Crippen molar-refractivity contribution in [3.63, 3.8) is 0 Å². The molecule has 1 aliphatic rings. The molecule has 0 bridgehead atoms. The Morgan fingerprint density at radius 3 is 3.06 bits per heavy atom. The molecule has 4 heteroatoms. The number of likely N-dealkylation sites (N-methyl/N-ethyl adjacent to an activating group) is 1. The topological polar surface area (TPSA) is 41.0 Å². The van der Waals surface area contributed by atoms with Crippen LogP contribution in [0.1, 0.15) is 26.2 Å². The molecule has 1 aromatic rings. The van der Waals surface area contributed by atoms with Crippen LogP contribution in [0.4, 0.5) is 5.82 Å². The number of hydrogen-bond acceptors (Lipinski definition) is 4. The first kappa shape index (κ1) is 11.3. The Balaban J connectivity index is 2.16. The molecule has 1 aliphatic heterocycles. The Kier molecular flexibility index (Phi) is 3.72. The molecule has 16 heavy (non-hydrogen) atoms. The molecule has 1 N–H and O–H groups in total. The zero-order valence-corrected chi connectivity index (χ0v) is 10.1. The van der Waals surface area contributed by atoms with Gasteiger partial charge < -0.3 is 10.2 Å². The summed E-state index contributed by atoms with van der Waals surface area (Å²) in [5.41, 5.74) is 0. The van der Waals surface area contributed by atoms with E-state index in [0.29, 0.717) is 12.1 Å². The van der Waals surface area contributed by atoms with Gasteiger partial charge in [-0.1, -0.05) is 0 Å². The molecule has 2 atom stereocenters. The standard InChI is InChI=1S/C12H20N4/c1-10(13-2)11-5-3-4-8-16(11)12-6-7-14-9-15-12/h6-7,9-11,13H,3-5,8H2,1-2H3. The Labute approximate surface area is 97.1 Å². The van der Waals surface area contributed by atoms with Crippen molar-refractivity contribution in [2.75, 3.05) is 18.5 Å². The normalized spacial score (nSPS) is 23.1. The van der Waals surface area contributed by atoms with Crippen molar-refractivity contribution in [1.29, 1.82) is 0 Å². The first-order valence-electron chi connectivity index (χ1n) is 6.03. The van der Waals surface area contributed by atoms with Crippen molar-refractivity contribution in [3.8, 4) is 0 Å². The lowest BCUT2D eigenvalue weighted by Crippen LogP contribution is -2.50. The monoisotopic (exact) mass is 220 g/mol. The van der Waals surface area contributed by atoms with Gasteiger partial charge in [0.15, 0.2) is 0 Å². The Bertz CT molecular complexity index is 314. The van der Waals surface area contributed by atoms with Crippen molar-refractivity contribution < 1.29 is 0 Å². The fourth-order valence-electron chi connectivity index (χ4n) is 2.41. The van der Waals surface area contributed by atoms with Crippen molar-refractivity contribution in [2.45, 2.75) is 38.3 Å². The summed E-state index contributed by atoms with van der Waals surface area (Å²) in [5, 5.41) is 3.35. The quantitative estimate of drug-likeness (QED) is 0.837. The van der Waals surface area contributed by atoms with Crippen LogP contribution in [-0.4, -0.2) is 35.6 Å². The second-order valence-corrected chi connectivity index (χ2v) is 4.40. The van der Waals surface area contributed by atoms with Gasteiger partial charge in [0.05, 0.1) is 0 Å². The number of rotatable bonds is 3. The van der Waals surface area contributed by atoms with Crippen molar-refractivity contribution >= 4 is 5.82 Å². The summed E-state index contributed by atoms with van der Waals surface area (Å²) in [4.78, 5) is 10.7. The fourth-order valence-corrected chi connectivity index (χ4v) is 2.41. The third-order valence-electron chi connectivity index (χ3n) is 3.44. The molecule has 0 saturated carbocycles. The molecule has 2 heterocycles. The molecule has 1 aromatic heterocycles. The summed E-state index contributed by atoms with van der Waals surface area (Å²) in [7, 11) is 2.03. The van der Waals surface area contributed by atoms with Gasteiger partial charge in [0.25, 0.3) is 0 Å². The number of anilines is 1. The molecular formula is C12H20N4. The van der Waals surface area contributed by atoms with E-state index < -0.39 is 0 Å². The summed E-state index contributed by atoms with van der Waals surface area (Å²) in [5.74, 6) is 1.06. The molecule has 1 fully saturated rings. The lowest BCUT2D eigenvalue weighted by atomic mass is 9.96.